The fourth-order valence-corrected chi connectivity index (χ4v) is 5.15. The van der Waals surface area contributed by atoms with Gasteiger partial charge in [-0.1, -0.05) is 49.9 Å². The van der Waals surface area contributed by atoms with Gasteiger partial charge in [-0.05, 0) is 36.1 Å². The zero-order valence-electron chi connectivity index (χ0n) is 17.6. The van der Waals surface area contributed by atoms with E-state index in [1.54, 1.807) is 10.8 Å². The largest absolute Gasteiger partial charge is 0.355 e. The van der Waals surface area contributed by atoms with Crippen molar-refractivity contribution in [3.05, 3.63) is 64.1 Å². The van der Waals surface area contributed by atoms with Crippen LogP contribution < -0.4 is 10.9 Å². The van der Waals surface area contributed by atoms with E-state index in [0.29, 0.717) is 28.5 Å². The molecule has 0 saturated carbocycles. The number of carbonyl (C=O) groups is 1. The molecule has 0 fully saturated rings. The molecular weight excluding hydrogens is 428 g/mol. The average molecular weight is 453 g/mol. The van der Waals surface area contributed by atoms with E-state index in [1.807, 2.05) is 31.2 Å². The van der Waals surface area contributed by atoms with Crippen LogP contribution in [0.1, 0.15) is 31.4 Å². The van der Waals surface area contributed by atoms with Gasteiger partial charge in [0.25, 0.3) is 5.56 Å². The zero-order chi connectivity index (χ0) is 21.8. The lowest BCUT2D eigenvalue weighted by molar-refractivity contribution is -0.118. The molecule has 0 atom stereocenters. The highest BCUT2D eigenvalue weighted by Gasteiger charge is 2.18. The zero-order valence-corrected chi connectivity index (χ0v) is 19.2. The number of amides is 1. The van der Waals surface area contributed by atoms with Gasteiger partial charge in [-0.2, -0.15) is 0 Å². The predicted molar refractivity (Wildman–Crippen MR) is 128 cm³/mol. The van der Waals surface area contributed by atoms with Crippen LogP contribution in [-0.4, -0.2) is 32.7 Å². The summed E-state index contributed by atoms with van der Waals surface area (Å²) < 4.78 is 2.27. The highest BCUT2D eigenvalue weighted by Crippen LogP contribution is 2.30. The molecule has 8 heteroatoms. The number of benzene rings is 1. The molecule has 1 aromatic carbocycles. The lowest BCUT2D eigenvalue weighted by Crippen LogP contribution is -2.27. The van der Waals surface area contributed by atoms with Gasteiger partial charge < -0.3 is 5.32 Å². The lowest BCUT2D eigenvalue weighted by Gasteiger charge is -2.12. The molecule has 4 aromatic rings. The third-order valence-electron chi connectivity index (χ3n) is 4.99. The van der Waals surface area contributed by atoms with E-state index < -0.39 is 0 Å². The summed E-state index contributed by atoms with van der Waals surface area (Å²) in [5, 5.41) is 4.30. The Balaban J connectivity index is 1.76. The second-order valence-electron chi connectivity index (χ2n) is 7.23. The number of aromatic nitrogens is 3. The van der Waals surface area contributed by atoms with Gasteiger partial charge >= 0.3 is 0 Å². The molecule has 1 amide bonds. The number of fused-ring (bicyclic) bond motifs is 3. The van der Waals surface area contributed by atoms with Crippen LogP contribution in [-0.2, 0) is 17.8 Å². The van der Waals surface area contributed by atoms with Crippen molar-refractivity contribution < 1.29 is 4.79 Å². The van der Waals surface area contributed by atoms with Crippen LogP contribution in [0.2, 0.25) is 0 Å². The molecule has 3 heterocycles. The SMILES string of the molecule is CCCNC(=O)CSc1nc2c(sc3ncccc32)c(=O)n1Cc1ccc(CC)cc1. The molecule has 0 aliphatic carbocycles. The minimum absolute atomic E-state index is 0.0584. The van der Waals surface area contributed by atoms with Gasteiger partial charge in [-0.25, -0.2) is 9.97 Å². The van der Waals surface area contributed by atoms with Crippen molar-refractivity contribution in [1.82, 2.24) is 19.9 Å². The van der Waals surface area contributed by atoms with Crippen molar-refractivity contribution in [2.75, 3.05) is 12.3 Å². The number of nitrogens with one attached hydrogen (secondary N) is 1. The smallest absolute Gasteiger partial charge is 0.272 e. The molecule has 3 aromatic heterocycles. The Morgan fingerprint density at radius 1 is 1.16 bits per heavy atom. The summed E-state index contributed by atoms with van der Waals surface area (Å²) in [7, 11) is 0. The number of nitrogens with zero attached hydrogens (tertiary/aromatic N) is 3. The van der Waals surface area contributed by atoms with Gasteiger partial charge in [0.2, 0.25) is 5.91 Å². The van der Waals surface area contributed by atoms with E-state index in [0.717, 1.165) is 28.6 Å². The van der Waals surface area contributed by atoms with E-state index in [4.69, 9.17) is 4.98 Å². The molecule has 31 heavy (non-hydrogen) atoms. The second kappa shape index (κ2) is 9.62. The monoisotopic (exact) mass is 452 g/mol. The van der Waals surface area contributed by atoms with E-state index in [9.17, 15) is 9.59 Å². The topological polar surface area (TPSA) is 76.9 Å². The summed E-state index contributed by atoms with van der Waals surface area (Å²) in [6.45, 7) is 5.18. The Labute approximate surface area is 188 Å². The molecule has 6 nitrogen and oxygen atoms in total. The first kappa shape index (κ1) is 21.5. The standard InChI is InChI=1S/C23H24N4O2S2/c1-3-11-24-18(28)14-30-23-26-19-17-6-5-12-25-21(17)31-20(19)22(29)27(23)13-16-9-7-15(4-2)8-10-16/h5-10,12H,3-4,11,13-14H2,1-2H3,(H,24,28). The molecule has 1 N–H and O–H groups in total. The molecular formula is C23H24N4O2S2. The summed E-state index contributed by atoms with van der Waals surface area (Å²) >= 11 is 2.67. The van der Waals surface area contributed by atoms with Crippen LogP contribution in [0.5, 0.6) is 0 Å². The number of hydrogen-bond donors (Lipinski definition) is 1. The fourth-order valence-electron chi connectivity index (χ4n) is 3.30. The number of thiophene rings is 1. The number of rotatable bonds is 8. The number of hydrogen-bond acceptors (Lipinski definition) is 6. The Morgan fingerprint density at radius 2 is 1.94 bits per heavy atom. The molecule has 0 aliphatic rings. The first-order valence-electron chi connectivity index (χ1n) is 10.4. The van der Waals surface area contributed by atoms with Crippen molar-refractivity contribution in [2.45, 2.75) is 38.4 Å². The predicted octanol–water partition coefficient (Wildman–Crippen LogP) is 4.24. The fraction of sp³-hybridized carbons (Fsp3) is 0.304. The maximum atomic E-state index is 13.5. The van der Waals surface area contributed by atoms with Crippen LogP contribution in [0, 0.1) is 0 Å². The van der Waals surface area contributed by atoms with E-state index in [-0.39, 0.29) is 17.2 Å². The second-order valence-corrected chi connectivity index (χ2v) is 9.17. The molecule has 0 radical (unpaired) electrons. The van der Waals surface area contributed by atoms with Gasteiger partial charge in [0.05, 0.1) is 17.8 Å². The first-order valence-corrected chi connectivity index (χ1v) is 12.2. The Hall–Kier alpha value is -2.71. The maximum absolute atomic E-state index is 13.5. The lowest BCUT2D eigenvalue weighted by atomic mass is 10.1. The molecule has 160 valence electrons. The van der Waals surface area contributed by atoms with Crippen LogP contribution >= 0.6 is 23.1 Å². The maximum Gasteiger partial charge on any atom is 0.272 e. The van der Waals surface area contributed by atoms with Crippen LogP contribution in [0.3, 0.4) is 0 Å². The van der Waals surface area contributed by atoms with Crippen molar-refractivity contribution in [3.63, 3.8) is 0 Å². The van der Waals surface area contributed by atoms with Crippen molar-refractivity contribution >= 4 is 49.4 Å². The highest BCUT2D eigenvalue weighted by atomic mass is 32.2. The van der Waals surface area contributed by atoms with E-state index in [2.05, 4.69) is 29.4 Å². The third-order valence-corrected chi connectivity index (χ3v) is 7.06. The first-order chi connectivity index (χ1) is 15.1. The summed E-state index contributed by atoms with van der Waals surface area (Å²) in [5.74, 6) is 0.157. The third kappa shape index (κ3) is 4.65. The number of thioether (sulfide) groups is 1. The Morgan fingerprint density at radius 3 is 2.68 bits per heavy atom. The average Bonchev–Trinajstić information content (AvgIpc) is 3.17. The summed E-state index contributed by atoms with van der Waals surface area (Å²) in [4.78, 5) is 35.6. The summed E-state index contributed by atoms with van der Waals surface area (Å²) in [5.41, 5.74) is 2.84. The van der Waals surface area contributed by atoms with Gasteiger partial charge in [0.1, 0.15) is 9.53 Å². The molecule has 0 unspecified atom stereocenters. The van der Waals surface area contributed by atoms with E-state index >= 15 is 0 Å². The minimum atomic E-state index is -0.0935. The van der Waals surface area contributed by atoms with Crippen molar-refractivity contribution in [2.24, 2.45) is 0 Å². The minimum Gasteiger partial charge on any atom is -0.355 e. The van der Waals surface area contributed by atoms with Crippen molar-refractivity contribution in [3.8, 4) is 0 Å². The summed E-state index contributed by atoms with van der Waals surface area (Å²) in [6, 6.07) is 12.0. The van der Waals surface area contributed by atoms with Gasteiger partial charge in [-0.3, -0.25) is 14.2 Å². The van der Waals surface area contributed by atoms with Gasteiger partial charge in [-0.15, -0.1) is 11.3 Å². The van der Waals surface area contributed by atoms with Crippen molar-refractivity contribution in [1.29, 1.82) is 0 Å². The molecule has 0 spiro atoms. The van der Waals surface area contributed by atoms with Gasteiger partial charge in [0, 0.05) is 18.1 Å². The Bertz CT molecular complexity index is 1280. The molecule has 0 aliphatic heterocycles. The van der Waals surface area contributed by atoms with Crippen LogP contribution in [0.25, 0.3) is 20.4 Å². The quantitative estimate of drug-likeness (QED) is 0.320. The highest BCUT2D eigenvalue weighted by molar-refractivity contribution is 7.99. The van der Waals surface area contributed by atoms with E-state index in [1.165, 1.54) is 28.7 Å². The van der Waals surface area contributed by atoms with Crippen LogP contribution in [0.4, 0.5) is 0 Å². The van der Waals surface area contributed by atoms with Gasteiger partial charge in [0.15, 0.2) is 5.16 Å². The Kier molecular flexibility index (Phi) is 6.67. The molecule has 0 bridgehead atoms. The van der Waals surface area contributed by atoms with Crippen LogP contribution in [0.15, 0.2) is 52.5 Å². The molecule has 0 saturated heterocycles. The molecule has 4 rings (SSSR count). The normalized spacial score (nSPS) is 11.3. The number of carbonyl (C=O) groups excluding carboxylic acids is 1. The number of pyridine rings is 1. The number of aryl methyl sites for hydroxylation is 1. The summed E-state index contributed by atoms with van der Waals surface area (Å²) in [6.07, 6.45) is 3.57.